The number of alkyl carbamates (subject to hydrolysis) is 1. The summed E-state index contributed by atoms with van der Waals surface area (Å²) >= 11 is 0. The number of aromatic hydroxyl groups is 2. The molecule has 1 aliphatic carbocycles. The number of hydrogen-bond acceptors (Lipinski definition) is 6. The molecule has 0 spiro atoms. The number of fused-ring (bicyclic) bond motifs is 3. The van der Waals surface area contributed by atoms with Crippen LogP contribution in [0.15, 0.2) is 66.7 Å². The molecule has 0 aliphatic heterocycles. The van der Waals surface area contributed by atoms with E-state index in [4.69, 9.17) is 4.74 Å². The van der Waals surface area contributed by atoms with Crippen LogP contribution in [0.2, 0.25) is 0 Å². The third-order valence-corrected chi connectivity index (χ3v) is 5.49. The number of carbonyl (C=O) groups is 1. The van der Waals surface area contributed by atoms with E-state index in [0.29, 0.717) is 0 Å². The Balaban J connectivity index is 1.35. The van der Waals surface area contributed by atoms with Crippen molar-refractivity contribution in [3.8, 4) is 22.6 Å². The van der Waals surface area contributed by atoms with Gasteiger partial charge in [0.2, 0.25) is 0 Å². The molecule has 7 heteroatoms. The summed E-state index contributed by atoms with van der Waals surface area (Å²) in [6.45, 7) is -0.168. The maximum atomic E-state index is 12.2. The molecule has 3 aromatic rings. The van der Waals surface area contributed by atoms with E-state index in [1.54, 1.807) is 0 Å². The minimum atomic E-state index is -1.50. The summed E-state index contributed by atoms with van der Waals surface area (Å²) in [5.74, 6) is -0.521. The largest absolute Gasteiger partial charge is 0.508 e. The number of ether oxygens (including phenoxy) is 1. The lowest BCUT2D eigenvalue weighted by atomic mass is 9.98. The first-order valence-electron chi connectivity index (χ1n) is 9.92. The standard InChI is InChI=1S/C24H23NO6/c26-14-9-10-21(27)19(11-14)23(29)22(28)12-25-24(30)31-13-20-17-7-3-1-5-15(17)16-6-2-4-8-18(16)20/h1-11,20,22-23,26-29H,12-13H2,(H,25,30). The Morgan fingerprint density at radius 1 is 0.935 bits per heavy atom. The van der Waals surface area contributed by atoms with Gasteiger partial charge in [-0.2, -0.15) is 0 Å². The molecule has 1 aliphatic rings. The number of rotatable bonds is 6. The van der Waals surface area contributed by atoms with Gasteiger partial charge in [-0.05, 0) is 40.5 Å². The van der Waals surface area contributed by atoms with Crippen LogP contribution >= 0.6 is 0 Å². The lowest BCUT2D eigenvalue weighted by molar-refractivity contribution is 0.0172. The number of phenols is 2. The molecule has 2 unspecified atom stereocenters. The zero-order chi connectivity index (χ0) is 22.0. The number of benzene rings is 3. The zero-order valence-electron chi connectivity index (χ0n) is 16.6. The second-order valence-electron chi connectivity index (χ2n) is 7.46. The summed E-state index contributed by atoms with van der Waals surface area (Å²) in [4.78, 5) is 12.2. The quantitative estimate of drug-likeness (QED) is 0.391. The molecule has 31 heavy (non-hydrogen) atoms. The van der Waals surface area contributed by atoms with Gasteiger partial charge in [0, 0.05) is 18.0 Å². The molecule has 0 radical (unpaired) electrons. The van der Waals surface area contributed by atoms with Crippen LogP contribution in [0.3, 0.4) is 0 Å². The highest BCUT2D eigenvalue weighted by molar-refractivity contribution is 5.79. The van der Waals surface area contributed by atoms with Gasteiger partial charge in [-0.3, -0.25) is 0 Å². The number of phenolic OH excluding ortho intramolecular Hbond substituents is 2. The average molecular weight is 421 g/mol. The van der Waals surface area contributed by atoms with Gasteiger partial charge in [-0.1, -0.05) is 48.5 Å². The van der Waals surface area contributed by atoms with Gasteiger partial charge in [-0.25, -0.2) is 4.79 Å². The van der Waals surface area contributed by atoms with E-state index in [2.05, 4.69) is 5.32 Å². The van der Waals surface area contributed by atoms with E-state index in [0.717, 1.165) is 28.3 Å². The monoisotopic (exact) mass is 421 g/mol. The van der Waals surface area contributed by atoms with Crippen LogP contribution in [-0.2, 0) is 4.74 Å². The summed E-state index contributed by atoms with van der Waals surface area (Å²) in [5, 5.41) is 42.1. The van der Waals surface area contributed by atoms with Crippen LogP contribution < -0.4 is 5.32 Å². The summed E-state index contributed by atoms with van der Waals surface area (Å²) in [6.07, 6.45) is -3.64. The SMILES string of the molecule is O=C(NCC(O)C(O)c1cc(O)ccc1O)OCC1c2ccccc2-c2ccccc21. The third kappa shape index (κ3) is 4.19. The molecule has 5 N–H and O–H groups in total. The molecule has 2 atom stereocenters. The predicted molar refractivity (Wildman–Crippen MR) is 114 cm³/mol. The number of aliphatic hydroxyl groups is 2. The predicted octanol–water partition coefficient (Wildman–Crippen LogP) is 3.03. The molecule has 1 amide bonds. The fourth-order valence-corrected chi connectivity index (χ4v) is 3.94. The van der Waals surface area contributed by atoms with E-state index < -0.39 is 18.3 Å². The smallest absolute Gasteiger partial charge is 0.407 e. The van der Waals surface area contributed by atoms with Crippen molar-refractivity contribution in [2.75, 3.05) is 13.2 Å². The van der Waals surface area contributed by atoms with E-state index in [9.17, 15) is 25.2 Å². The number of carbonyl (C=O) groups excluding carboxylic acids is 1. The average Bonchev–Trinajstić information content (AvgIpc) is 3.11. The second kappa shape index (κ2) is 8.67. The fraction of sp³-hybridized carbons (Fsp3) is 0.208. The van der Waals surface area contributed by atoms with Crippen LogP contribution in [0, 0.1) is 0 Å². The van der Waals surface area contributed by atoms with Gasteiger partial charge in [-0.15, -0.1) is 0 Å². The molecular formula is C24H23NO6. The van der Waals surface area contributed by atoms with E-state index in [1.807, 2.05) is 48.5 Å². The van der Waals surface area contributed by atoms with Crippen molar-refractivity contribution in [3.63, 3.8) is 0 Å². The first-order valence-corrected chi connectivity index (χ1v) is 9.92. The molecule has 160 valence electrons. The van der Waals surface area contributed by atoms with Crippen LogP contribution in [0.5, 0.6) is 11.5 Å². The minimum Gasteiger partial charge on any atom is -0.508 e. The Labute approximate surface area is 179 Å². The normalized spacial score (nSPS) is 14.4. The van der Waals surface area contributed by atoms with Gasteiger partial charge in [0.15, 0.2) is 0 Å². The van der Waals surface area contributed by atoms with Crippen LogP contribution in [0.4, 0.5) is 4.79 Å². The molecule has 3 aromatic carbocycles. The number of amides is 1. The van der Waals surface area contributed by atoms with Gasteiger partial charge in [0.1, 0.15) is 30.3 Å². The van der Waals surface area contributed by atoms with Crippen molar-refractivity contribution >= 4 is 6.09 Å². The lowest BCUT2D eigenvalue weighted by Gasteiger charge is -2.20. The number of hydrogen-bond donors (Lipinski definition) is 5. The van der Waals surface area contributed by atoms with Gasteiger partial charge in [0.25, 0.3) is 0 Å². The summed E-state index contributed by atoms with van der Waals surface area (Å²) in [7, 11) is 0. The van der Waals surface area contributed by atoms with Crippen molar-refractivity contribution in [2.24, 2.45) is 0 Å². The van der Waals surface area contributed by atoms with Crippen molar-refractivity contribution in [1.82, 2.24) is 5.32 Å². The minimum absolute atomic E-state index is 0.0400. The maximum Gasteiger partial charge on any atom is 0.407 e. The first kappa shape index (κ1) is 20.7. The number of aliphatic hydroxyl groups excluding tert-OH is 2. The zero-order valence-corrected chi connectivity index (χ0v) is 16.6. The number of nitrogens with one attached hydrogen (secondary N) is 1. The third-order valence-electron chi connectivity index (χ3n) is 5.49. The maximum absolute atomic E-state index is 12.2. The summed E-state index contributed by atoms with van der Waals surface area (Å²) in [6, 6.07) is 19.6. The highest BCUT2D eigenvalue weighted by atomic mass is 16.5. The topological polar surface area (TPSA) is 119 Å². The van der Waals surface area contributed by atoms with Crippen molar-refractivity contribution in [2.45, 2.75) is 18.1 Å². The molecule has 0 fully saturated rings. The Kier molecular flexibility index (Phi) is 5.79. The van der Waals surface area contributed by atoms with Gasteiger partial charge in [0.05, 0.1) is 0 Å². The molecule has 0 heterocycles. The molecule has 0 bridgehead atoms. The summed E-state index contributed by atoms with van der Waals surface area (Å²) in [5.41, 5.74) is 4.38. The Morgan fingerprint density at radius 3 is 2.19 bits per heavy atom. The Bertz CT molecular complexity index is 1050. The van der Waals surface area contributed by atoms with Crippen LogP contribution in [0.1, 0.15) is 28.7 Å². The fourth-order valence-electron chi connectivity index (χ4n) is 3.94. The second-order valence-corrected chi connectivity index (χ2v) is 7.46. The van der Waals surface area contributed by atoms with Crippen LogP contribution in [0.25, 0.3) is 11.1 Å². The molecule has 0 saturated heterocycles. The molecule has 4 rings (SSSR count). The van der Waals surface area contributed by atoms with Crippen molar-refractivity contribution < 1.29 is 30.0 Å². The van der Waals surface area contributed by atoms with Crippen molar-refractivity contribution in [3.05, 3.63) is 83.4 Å². The van der Waals surface area contributed by atoms with E-state index >= 15 is 0 Å². The molecule has 0 saturated carbocycles. The molecular weight excluding hydrogens is 398 g/mol. The Hall–Kier alpha value is -3.55. The van der Waals surface area contributed by atoms with E-state index in [1.165, 1.54) is 12.1 Å². The highest BCUT2D eigenvalue weighted by Crippen LogP contribution is 2.44. The highest BCUT2D eigenvalue weighted by Gasteiger charge is 2.29. The van der Waals surface area contributed by atoms with Gasteiger partial charge < -0.3 is 30.5 Å². The Morgan fingerprint density at radius 2 is 1.55 bits per heavy atom. The first-order chi connectivity index (χ1) is 15.0. The van der Waals surface area contributed by atoms with Crippen molar-refractivity contribution in [1.29, 1.82) is 0 Å². The van der Waals surface area contributed by atoms with Gasteiger partial charge >= 0.3 is 6.09 Å². The molecule has 7 nitrogen and oxygen atoms in total. The van der Waals surface area contributed by atoms with Crippen LogP contribution in [-0.4, -0.2) is 45.8 Å². The lowest BCUT2D eigenvalue weighted by Crippen LogP contribution is -2.36. The van der Waals surface area contributed by atoms with E-state index in [-0.39, 0.29) is 36.1 Å². The molecule has 0 aromatic heterocycles. The summed E-state index contributed by atoms with van der Waals surface area (Å²) < 4.78 is 5.39.